The third-order valence-corrected chi connectivity index (χ3v) is 2.87. The Labute approximate surface area is 84.0 Å². The summed E-state index contributed by atoms with van der Waals surface area (Å²) in [4.78, 5) is 12.5. The Morgan fingerprint density at radius 1 is 1.29 bits per heavy atom. The molecule has 3 rings (SSSR count). The molecule has 0 atom stereocenters. The van der Waals surface area contributed by atoms with Crippen molar-refractivity contribution in [2.75, 3.05) is 0 Å². The van der Waals surface area contributed by atoms with Gasteiger partial charge in [-0.1, -0.05) is 0 Å². The van der Waals surface area contributed by atoms with Crippen LogP contribution in [0, 0.1) is 0 Å². The summed E-state index contributed by atoms with van der Waals surface area (Å²) in [6, 6.07) is 3.89. The van der Waals surface area contributed by atoms with E-state index in [1.165, 1.54) is 0 Å². The average molecular weight is 202 g/mol. The van der Waals surface area contributed by atoms with Gasteiger partial charge in [0.1, 0.15) is 5.01 Å². The smallest absolute Gasteiger partial charge is 0.244 e. The van der Waals surface area contributed by atoms with Crippen LogP contribution >= 0.6 is 11.5 Å². The normalized spacial score (nSPS) is 10.9. The number of aromatic nitrogens is 4. The van der Waals surface area contributed by atoms with Crippen molar-refractivity contribution in [2.45, 2.75) is 0 Å². The molecule has 5 heteroatoms. The molecule has 0 bridgehead atoms. The van der Waals surface area contributed by atoms with E-state index in [0.717, 1.165) is 16.3 Å². The zero-order chi connectivity index (χ0) is 9.38. The Hall–Kier alpha value is -1.75. The lowest BCUT2D eigenvalue weighted by molar-refractivity contribution is 1.26. The zero-order valence-corrected chi connectivity index (χ0v) is 7.98. The third kappa shape index (κ3) is 1.10. The monoisotopic (exact) mass is 202 g/mol. The van der Waals surface area contributed by atoms with E-state index in [0.29, 0.717) is 0 Å². The zero-order valence-electron chi connectivity index (χ0n) is 7.16. The minimum Gasteiger partial charge on any atom is -0.264 e. The summed E-state index contributed by atoms with van der Waals surface area (Å²) < 4.78 is 1.93. The van der Waals surface area contributed by atoms with Crippen molar-refractivity contribution in [2.24, 2.45) is 0 Å². The quantitative estimate of drug-likeness (QED) is 0.604. The predicted molar refractivity (Wildman–Crippen MR) is 54.1 cm³/mol. The van der Waals surface area contributed by atoms with Gasteiger partial charge in [-0.25, -0.2) is 8.77 Å². The second-order valence-electron chi connectivity index (χ2n) is 2.80. The minimum atomic E-state index is 0.744. The highest BCUT2D eigenvalue weighted by atomic mass is 32.1. The molecule has 3 aromatic heterocycles. The molecule has 0 aliphatic rings. The van der Waals surface area contributed by atoms with E-state index in [-0.39, 0.29) is 0 Å². The molecule has 0 aromatic carbocycles. The van der Waals surface area contributed by atoms with Crippen LogP contribution in [0.25, 0.3) is 16.3 Å². The van der Waals surface area contributed by atoms with Crippen LogP contribution in [0.2, 0.25) is 0 Å². The van der Waals surface area contributed by atoms with Crippen LogP contribution in [0.4, 0.5) is 0 Å². The van der Waals surface area contributed by atoms with Crippen molar-refractivity contribution in [3.05, 3.63) is 36.9 Å². The van der Waals surface area contributed by atoms with Gasteiger partial charge in [0.2, 0.25) is 5.78 Å². The molecule has 3 heterocycles. The van der Waals surface area contributed by atoms with Gasteiger partial charge in [0.15, 0.2) is 0 Å². The molecule has 0 aliphatic heterocycles. The van der Waals surface area contributed by atoms with E-state index in [1.807, 2.05) is 22.1 Å². The second kappa shape index (κ2) is 2.88. The molecule has 4 nitrogen and oxygen atoms in total. The summed E-state index contributed by atoms with van der Waals surface area (Å²) >= 11 is 1.56. The Morgan fingerprint density at radius 3 is 3.07 bits per heavy atom. The first-order valence-electron chi connectivity index (χ1n) is 4.14. The van der Waals surface area contributed by atoms with Gasteiger partial charge in [0, 0.05) is 30.4 Å². The van der Waals surface area contributed by atoms with Crippen LogP contribution in [-0.2, 0) is 0 Å². The van der Waals surface area contributed by atoms with Crippen LogP contribution in [-0.4, -0.2) is 18.7 Å². The van der Waals surface area contributed by atoms with E-state index in [2.05, 4.69) is 15.0 Å². The van der Waals surface area contributed by atoms with Gasteiger partial charge < -0.3 is 0 Å². The van der Waals surface area contributed by atoms with Gasteiger partial charge in [-0.3, -0.25) is 4.98 Å². The Kier molecular flexibility index (Phi) is 1.57. The molecule has 68 valence electrons. The van der Waals surface area contributed by atoms with Crippen LogP contribution in [0.3, 0.4) is 0 Å². The molecule has 0 amide bonds. The molecular formula is C9H6N4S. The van der Waals surface area contributed by atoms with Gasteiger partial charge >= 0.3 is 0 Å². The fourth-order valence-corrected chi connectivity index (χ4v) is 2.06. The highest BCUT2D eigenvalue weighted by molar-refractivity contribution is 7.10. The van der Waals surface area contributed by atoms with Gasteiger partial charge in [-0.05, 0) is 23.7 Å². The molecule has 3 aromatic rings. The fourth-order valence-electron chi connectivity index (χ4n) is 1.24. The summed E-state index contributed by atoms with van der Waals surface area (Å²) in [5.74, 6) is 0.744. The summed E-state index contributed by atoms with van der Waals surface area (Å²) in [6.07, 6.45) is 7.19. The van der Waals surface area contributed by atoms with Crippen molar-refractivity contribution in [3.8, 4) is 10.6 Å². The predicted octanol–water partition coefficient (Wildman–Crippen LogP) is 1.85. The molecule has 0 unspecified atom stereocenters. The molecule has 0 saturated heterocycles. The first kappa shape index (κ1) is 7.64. The third-order valence-electron chi connectivity index (χ3n) is 1.88. The Morgan fingerprint density at radius 2 is 2.29 bits per heavy atom. The number of rotatable bonds is 1. The van der Waals surface area contributed by atoms with Gasteiger partial charge in [0.25, 0.3) is 0 Å². The molecular weight excluding hydrogens is 196 g/mol. The maximum atomic E-state index is 4.37. The highest BCUT2D eigenvalue weighted by Gasteiger charge is 2.05. The van der Waals surface area contributed by atoms with Crippen molar-refractivity contribution in [1.29, 1.82) is 0 Å². The van der Waals surface area contributed by atoms with E-state index >= 15 is 0 Å². The van der Waals surface area contributed by atoms with Crippen molar-refractivity contribution in [3.63, 3.8) is 0 Å². The highest BCUT2D eigenvalue weighted by Crippen LogP contribution is 2.22. The number of nitrogens with zero attached hydrogens (tertiary/aromatic N) is 4. The average Bonchev–Trinajstić information content (AvgIpc) is 2.78. The lowest BCUT2D eigenvalue weighted by atomic mass is 10.3. The van der Waals surface area contributed by atoms with Crippen molar-refractivity contribution < 1.29 is 0 Å². The standard InChI is InChI=1S/C9H6N4S/c1-2-7(6-10-3-1)8-12-9-11-4-5-13(9)14-8/h1-6H. The van der Waals surface area contributed by atoms with E-state index in [9.17, 15) is 0 Å². The van der Waals surface area contributed by atoms with E-state index in [4.69, 9.17) is 0 Å². The van der Waals surface area contributed by atoms with Gasteiger partial charge in [-0.2, -0.15) is 4.98 Å². The van der Waals surface area contributed by atoms with Crippen molar-refractivity contribution >= 4 is 17.3 Å². The molecule has 14 heavy (non-hydrogen) atoms. The summed E-state index contributed by atoms with van der Waals surface area (Å²) in [6.45, 7) is 0. The number of pyridine rings is 1. The maximum Gasteiger partial charge on any atom is 0.244 e. The summed E-state index contributed by atoms with van der Waals surface area (Å²) in [5.41, 5.74) is 1.03. The molecule has 0 radical (unpaired) electrons. The number of imidazole rings is 1. The molecule has 0 aliphatic carbocycles. The number of hydrogen-bond acceptors (Lipinski definition) is 4. The lowest BCUT2D eigenvalue weighted by Crippen LogP contribution is -1.76. The maximum absolute atomic E-state index is 4.37. The van der Waals surface area contributed by atoms with E-state index in [1.54, 1.807) is 30.1 Å². The molecule has 0 saturated carbocycles. The van der Waals surface area contributed by atoms with Crippen LogP contribution < -0.4 is 0 Å². The lowest BCUT2D eigenvalue weighted by Gasteiger charge is -1.90. The minimum absolute atomic E-state index is 0.744. The number of hydrogen-bond donors (Lipinski definition) is 0. The molecule has 0 spiro atoms. The SMILES string of the molecule is c1cncc(-c2nc3nccn3s2)c1. The van der Waals surface area contributed by atoms with Gasteiger partial charge in [0.05, 0.1) is 0 Å². The van der Waals surface area contributed by atoms with Gasteiger partial charge in [-0.15, -0.1) is 0 Å². The first-order valence-corrected chi connectivity index (χ1v) is 4.91. The Balaban J connectivity index is 2.19. The molecule has 0 N–H and O–H groups in total. The summed E-state index contributed by atoms with van der Waals surface area (Å²) in [5, 5.41) is 0.946. The van der Waals surface area contributed by atoms with Crippen molar-refractivity contribution in [1.82, 2.24) is 18.7 Å². The van der Waals surface area contributed by atoms with Crippen LogP contribution in [0.15, 0.2) is 36.9 Å². The Bertz CT molecular complexity index is 526. The van der Waals surface area contributed by atoms with Crippen LogP contribution in [0.5, 0.6) is 0 Å². The second-order valence-corrected chi connectivity index (χ2v) is 3.77. The summed E-state index contributed by atoms with van der Waals surface area (Å²) in [7, 11) is 0. The van der Waals surface area contributed by atoms with E-state index < -0.39 is 0 Å². The topological polar surface area (TPSA) is 43.1 Å². The fraction of sp³-hybridized carbons (Fsp3) is 0. The van der Waals surface area contributed by atoms with Crippen LogP contribution in [0.1, 0.15) is 0 Å². The largest absolute Gasteiger partial charge is 0.264 e. The number of fused-ring (bicyclic) bond motifs is 1. The first-order chi connectivity index (χ1) is 6.93. The molecule has 0 fully saturated rings.